The second kappa shape index (κ2) is 9.75. The largest absolute Gasteiger partial charge is 0.316 e. The highest BCUT2D eigenvalue weighted by Gasteiger charge is 2.20. The van der Waals surface area contributed by atoms with E-state index in [-0.39, 0.29) is 0 Å². The Bertz CT molecular complexity index is 2470. The fourth-order valence-corrected chi connectivity index (χ4v) is 6.41. The first-order chi connectivity index (χ1) is 21.8. The lowest BCUT2D eigenvalue weighted by molar-refractivity contribution is 1.02. The zero-order chi connectivity index (χ0) is 29.0. The van der Waals surface area contributed by atoms with Gasteiger partial charge in [-0.3, -0.25) is 9.55 Å². The molecule has 0 saturated carbocycles. The van der Waals surface area contributed by atoms with Crippen molar-refractivity contribution in [3.05, 3.63) is 152 Å². The molecule has 0 radical (unpaired) electrons. The van der Waals surface area contributed by atoms with Crippen LogP contribution in [0, 0.1) is 0 Å². The number of hydrogen-bond donors (Lipinski definition) is 0. The van der Waals surface area contributed by atoms with Crippen LogP contribution in [0.25, 0.3) is 77.8 Å². The van der Waals surface area contributed by atoms with E-state index >= 15 is 0 Å². The van der Waals surface area contributed by atoms with Gasteiger partial charge in [0.2, 0.25) is 5.95 Å². The molecule has 5 heteroatoms. The van der Waals surface area contributed by atoms with Crippen molar-refractivity contribution in [2.45, 2.75) is 0 Å². The van der Waals surface area contributed by atoms with Crippen molar-refractivity contribution >= 4 is 43.6 Å². The second-order valence-corrected chi connectivity index (χ2v) is 11.0. The first-order valence-electron chi connectivity index (χ1n) is 14.7. The minimum atomic E-state index is 0.652. The van der Waals surface area contributed by atoms with Crippen molar-refractivity contribution in [3.63, 3.8) is 0 Å². The average Bonchev–Trinajstić information content (AvgIpc) is 3.68. The molecular formula is C39H25N5. The van der Waals surface area contributed by atoms with Crippen LogP contribution in [0.3, 0.4) is 0 Å². The first kappa shape index (κ1) is 24.5. The van der Waals surface area contributed by atoms with E-state index in [4.69, 9.17) is 9.97 Å². The number of rotatable bonds is 4. The van der Waals surface area contributed by atoms with Crippen LogP contribution in [0.5, 0.6) is 0 Å². The van der Waals surface area contributed by atoms with Crippen molar-refractivity contribution in [1.29, 1.82) is 0 Å². The summed E-state index contributed by atoms with van der Waals surface area (Å²) in [6, 6.07) is 48.4. The highest BCUT2D eigenvalue weighted by molar-refractivity contribution is 6.18. The molecule has 0 N–H and O–H groups in total. The number of aromatic nitrogens is 5. The summed E-state index contributed by atoms with van der Waals surface area (Å²) in [5.41, 5.74) is 9.30. The van der Waals surface area contributed by atoms with Gasteiger partial charge in [0, 0.05) is 50.8 Å². The van der Waals surface area contributed by atoms with E-state index in [1.807, 2.05) is 42.6 Å². The van der Waals surface area contributed by atoms with Gasteiger partial charge in [-0.15, -0.1) is 0 Å². The van der Waals surface area contributed by atoms with Gasteiger partial charge in [0.05, 0.1) is 33.5 Å². The second-order valence-electron chi connectivity index (χ2n) is 11.0. The third kappa shape index (κ3) is 3.76. The summed E-state index contributed by atoms with van der Waals surface area (Å²) >= 11 is 0. The van der Waals surface area contributed by atoms with E-state index < -0.39 is 0 Å². The molecule has 0 spiro atoms. The van der Waals surface area contributed by atoms with Crippen molar-refractivity contribution in [1.82, 2.24) is 24.1 Å². The number of hydrogen-bond acceptors (Lipinski definition) is 3. The zero-order valence-electron chi connectivity index (χ0n) is 23.7. The maximum atomic E-state index is 5.32. The molecule has 0 atom stereocenters. The smallest absolute Gasteiger partial charge is 0.235 e. The van der Waals surface area contributed by atoms with Crippen LogP contribution in [0.1, 0.15) is 0 Å². The van der Waals surface area contributed by atoms with E-state index in [1.165, 1.54) is 10.8 Å². The van der Waals surface area contributed by atoms with Crippen molar-refractivity contribution in [2.75, 3.05) is 0 Å². The molecule has 4 aromatic heterocycles. The van der Waals surface area contributed by atoms with E-state index in [0.29, 0.717) is 5.95 Å². The molecule has 9 aromatic rings. The molecule has 5 nitrogen and oxygen atoms in total. The standard InChI is InChI=1S/C39H25N5/c1-2-10-28(11-3-1)43-25-23-32-35(43)22-21-30-29-12-5-7-16-36(29)44(38(30)32)39-41-34-15-6-4-13-31(34)37(42-39)27-19-17-26(18-20-27)33-14-8-9-24-40-33/h1-25H. The molecule has 0 bridgehead atoms. The lowest BCUT2D eigenvalue weighted by Gasteiger charge is -2.12. The predicted molar refractivity (Wildman–Crippen MR) is 179 cm³/mol. The first-order valence-corrected chi connectivity index (χ1v) is 14.7. The Morgan fingerprint density at radius 2 is 1.23 bits per heavy atom. The topological polar surface area (TPSA) is 48.5 Å². The molecule has 0 unspecified atom stereocenters. The lowest BCUT2D eigenvalue weighted by atomic mass is 10.0. The summed E-state index contributed by atoms with van der Waals surface area (Å²) in [6.07, 6.45) is 3.97. The van der Waals surface area contributed by atoms with Crippen LogP contribution in [0.2, 0.25) is 0 Å². The summed E-state index contributed by atoms with van der Waals surface area (Å²) in [5, 5.41) is 4.52. The Labute approximate surface area is 253 Å². The monoisotopic (exact) mass is 563 g/mol. The van der Waals surface area contributed by atoms with Crippen molar-refractivity contribution < 1.29 is 0 Å². The van der Waals surface area contributed by atoms with Crippen molar-refractivity contribution in [3.8, 4) is 34.2 Å². The highest BCUT2D eigenvalue weighted by atomic mass is 15.2. The fraction of sp³-hybridized carbons (Fsp3) is 0. The Morgan fingerprint density at radius 3 is 2.07 bits per heavy atom. The maximum Gasteiger partial charge on any atom is 0.235 e. The molecule has 9 rings (SSSR count). The third-order valence-corrected chi connectivity index (χ3v) is 8.45. The van der Waals surface area contributed by atoms with Crippen LogP contribution in [0.4, 0.5) is 0 Å². The van der Waals surface area contributed by atoms with Crippen LogP contribution < -0.4 is 0 Å². The zero-order valence-corrected chi connectivity index (χ0v) is 23.7. The molecule has 206 valence electrons. The van der Waals surface area contributed by atoms with Crippen LogP contribution >= 0.6 is 0 Å². The summed E-state index contributed by atoms with van der Waals surface area (Å²) in [6.45, 7) is 0. The summed E-state index contributed by atoms with van der Waals surface area (Å²) < 4.78 is 4.48. The predicted octanol–water partition coefficient (Wildman–Crippen LogP) is 9.40. The maximum absolute atomic E-state index is 5.32. The van der Waals surface area contributed by atoms with Crippen LogP contribution in [0.15, 0.2) is 152 Å². The van der Waals surface area contributed by atoms with Gasteiger partial charge in [0.15, 0.2) is 0 Å². The van der Waals surface area contributed by atoms with Gasteiger partial charge < -0.3 is 4.57 Å². The third-order valence-electron chi connectivity index (χ3n) is 8.45. The lowest BCUT2D eigenvalue weighted by Crippen LogP contribution is -2.03. The normalized spacial score (nSPS) is 11.6. The number of fused-ring (bicyclic) bond motifs is 6. The molecule has 0 saturated heterocycles. The van der Waals surface area contributed by atoms with Gasteiger partial charge in [-0.1, -0.05) is 91.0 Å². The summed E-state index contributed by atoms with van der Waals surface area (Å²) in [5.74, 6) is 0.652. The molecule has 44 heavy (non-hydrogen) atoms. The molecule has 0 aliphatic rings. The van der Waals surface area contributed by atoms with Gasteiger partial charge in [0.1, 0.15) is 0 Å². The number of para-hydroxylation sites is 3. The molecule has 0 aliphatic heterocycles. The van der Waals surface area contributed by atoms with Crippen LogP contribution in [-0.2, 0) is 0 Å². The average molecular weight is 564 g/mol. The van der Waals surface area contributed by atoms with E-state index in [2.05, 4.69) is 123 Å². The minimum absolute atomic E-state index is 0.652. The number of benzene rings is 5. The van der Waals surface area contributed by atoms with E-state index in [1.54, 1.807) is 0 Å². The summed E-state index contributed by atoms with van der Waals surface area (Å²) in [4.78, 5) is 15.0. The van der Waals surface area contributed by atoms with Crippen molar-refractivity contribution in [2.24, 2.45) is 0 Å². The fourth-order valence-electron chi connectivity index (χ4n) is 6.41. The molecule has 5 aromatic carbocycles. The Morgan fingerprint density at radius 1 is 0.477 bits per heavy atom. The Kier molecular flexibility index (Phi) is 5.43. The molecular weight excluding hydrogens is 538 g/mol. The SMILES string of the molecule is c1ccc(-n2ccc3c2ccc2c4ccccc4n(-c4nc(-c5ccc(-c6ccccn6)cc5)c5ccccc5n4)c23)cc1. The van der Waals surface area contributed by atoms with E-state index in [9.17, 15) is 0 Å². The Balaban J connectivity index is 1.31. The number of nitrogens with zero attached hydrogens (tertiary/aromatic N) is 5. The van der Waals surface area contributed by atoms with Gasteiger partial charge >= 0.3 is 0 Å². The quantitative estimate of drug-likeness (QED) is 0.214. The molecule has 4 heterocycles. The van der Waals surface area contributed by atoms with Gasteiger partial charge in [0.25, 0.3) is 0 Å². The summed E-state index contributed by atoms with van der Waals surface area (Å²) in [7, 11) is 0. The molecule has 0 amide bonds. The molecule has 0 fully saturated rings. The molecule has 0 aliphatic carbocycles. The minimum Gasteiger partial charge on any atom is -0.316 e. The van der Waals surface area contributed by atoms with Gasteiger partial charge in [-0.25, -0.2) is 9.97 Å². The van der Waals surface area contributed by atoms with E-state index in [0.717, 1.165) is 61.0 Å². The van der Waals surface area contributed by atoms with Gasteiger partial charge in [-0.2, -0.15) is 0 Å². The highest BCUT2D eigenvalue weighted by Crippen LogP contribution is 2.38. The Hall–Kier alpha value is -6.07. The van der Waals surface area contributed by atoms with Crippen LogP contribution in [-0.4, -0.2) is 24.1 Å². The number of pyridine rings is 1. The van der Waals surface area contributed by atoms with Gasteiger partial charge in [-0.05, 0) is 48.5 Å².